The van der Waals surface area contributed by atoms with E-state index >= 15 is 0 Å². The second-order valence-electron chi connectivity index (χ2n) is 15.9. The molecule has 14 nitrogen and oxygen atoms in total. The first-order chi connectivity index (χ1) is 24.3. The molecule has 1 aromatic heterocycles. The quantitative estimate of drug-likeness (QED) is 0.386. The predicted molar refractivity (Wildman–Crippen MR) is 196 cm³/mol. The Bertz CT molecular complexity index is 1830. The number of Topliss-reactive ketones (excluding diaryl/α,β-unsaturated/α-hetero) is 1. The zero-order valence-corrected chi connectivity index (χ0v) is 32.4. The number of imidazole rings is 1. The van der Waals surface area contributed by atoms with E-state index in [1.165, 1.54) is 19.0 Å². The van der Waals surface area contributed by atoms with Crippen molar-refractivity contribution < 1.29 is 37.1 Å². The van der Waals surface area contributed by atoms with Crippen molar-refractivity contribution >= 4 is 44.9 Å². The van der Waals surface area contributed by atoms with E-state index in [2.05, 4.69) is 10.0 Å². The lowest BCUT2D eigenvalue weighted by molar-refractivity contribution is -0.140. The normalized spacial score (nSPS) is 26.7. The zero-order chi connectivity index (χ0) is 38.2. The number of carbonyl (C=O) groups is 4. The summed E-state index contributed by atoms with van der Waals surface area (Å²) in [6.07, 6.45) is 5.93. The van der Waals surface area contributed by atoms with Crippen LogP contribution in [0.25, 0.3) is 11.0 Å². The van der Waals surface area contributed by atoms with Gasteiger partial charge in [0, 0.05) is 33.0 Å². The number of para-hydroxylation sites is 1. The Labute approximate surface area is 306 Å². The third-order valence-electron chi connectivity index (χ3n) is 10.1. The summed E-state index contributed by atoms with van der Waals surface area (Å²) < 4.78 is 42.5. The Kier molecular flexibility index (Phi) is 11.4. The molecule has 286 valence electrons. The topological polar surface area (TPSA) is 169 Å². The van der Waals surface area contributed by atoms with E-state index in [0.29, 0.717) is 31.7 Å². The highest BCUT2D eigenvalue weighted by Crippen LogP contribution is 2.57. The van der Waals surface area contributed by atoms with E-state index < -0.39 is 57.3 Å². The minimum atomic E-state index is -4.12. The number of hydrogen-bond donors (Lipinski definition) is 2. The summed E-state index contributed by atoms with van der Waals surface area (Å²) in [5.74, 6) is -1.92. The molecule has 5 rings (SSSR count). The number of carbonyl (C=O) groups excluding carboxylic acids is 4. The number of hydrogen-bond acceptors (Lipinski definition) is 9. The van der Waals surface area contributed by atoms with E-state index in [0.717, 1.165) is 33.7 Å². The molecule has 5 atom stereocenters. The van der Waals surface area contributed by atoms with Gasteiger partial charge in [-0.05, 0) is 84.8 Å². The van der Waals surface area contributed by atoms with Crippen molar-refractivity contribution in [1.29, 1.82) is 0 Å². The van der Waals surface area contributed by atoms with Crippen LogP contribution in [0.4, 0.5) is 4.79 Å². The van der Waals surface area contributed by atoms with Crippen molar-refractivity contribution in [3.63, 3.8) is 0 Å². The highest BCUT2D eigenvalue weighted by atomic mass is 32.2. The second kappa shape index (κ2) is 15.2. The molecular formula is C37H54N6O8S. The maximum atomic E-state index is 14.5. The number of nitrogens with zero attached hydrogens (tertiary/aromatic N) is 4. The molecule has 0 unspecified atom stereocenters. The van der Waals surface area contributed by atoms with Crippen LogP contribution < -0.4 is 14.8 Å². The van der Waals surface area contributed by atoms with E-state index in [4.69, 9.17) is 14.5 Å². The summed E-state index contributed by atoms with van der Waals surface area (Å²) in [4.78, 5) is 61.9. The fourth-order valence-corrected chi connectivity index (χ4v) is 7.89. The molecule has 2 fully saturated rings. The van der Waals surface area contributed by atoms with Crippen LogP contribution in [0.15, 0.2) is 30.4 Å². The number of aryl methyl sites for hydroxylation is 1. The number of fused-ring (bicyclic) bond motifs is 3. The first kappa shape index (κ1) is 39.2. The van der Waals surface area contributed by atoms with Crippen LogP contribution in [0.3, 0.4) is 0 Å². The molecule has 2 aliphatic heterocycles. The van der Waals surface area contributed by atoms with Crippen LogP contribution >= 0.6 is 0 Å². The summed E-state index contributed by atoms with van der Waals surface area (Å²) >= 11 is 0. The molecule has 3 amide bonds. The summed E-state index contributed by atoms with van der Waals surface area (Å²) in [6, 6.07) is 4.24. The molecule has 1 saturated carbocycles. The van der Waals surface area contributed by atoms with Crippen molar-refractivity contribution in [1.82, 2.24) is 28.8 Å². The van der Waals surface area contributed by atoms with Crippen LogP contribution in [0.5, 0.6) is 6.01 Å². The Morgan fingerprint density at radius 3 is 2.52 bits per heavy atom. The van der Waals surface area contributed by atoms with Crippen molar-refractivity contribution in [3.05, 3.63) is 35.9 Å². The number of rotatable bonds is 7. The summed E-state index contributed by atoms with van der Waals surface area (Å²) in [5, 5.41) is 2.77. The fraction of sp³-hybridized carbons (Fsp3) is 0.649. The monoisotopic (exact) mass is 742 g/mol. The first-order valence-electron chi connectivity index (χ1n) is 18.2. The molecular weight excluding hydrogens is 689 g/mol. The van der Waals surface area contributed by atoms with Gasteiger partial charge in [0.15, 0.2) is 5.78 Å². The lowest BCUT2D eigenvalue weighted by Gasteiger charge is -2.30. The lowest BCUT2D eigenvalue weighted by Crippen LogP contribution is -2.53. The van der Waals surface area contributed by atoms with Gasteiger partial charge in [-0.2, -0.15) is 17.7 Å². The SMILES string of the molecule is Cc1cccc2nc(O[C@@H]3C[C@H]4C(=O)C[C@]5(C(=O)NS(=O)(=O)N(C)C)C[C@H]5/C=C\CCCCC[C@H](NC(=O)OC(C)(C)C)C(=O)N4C3)n(C(C)C)c12. The second-order valence-corrected chi connectivity index (χ2v) is 17.8. The van der Waals surface area contributed by atoms with E-state index in [1.54, 1.807) is 20.8 Å². The zero-order valence-electron chi connectivity index (χ0n) is 31.6. The van der Waals surface area contributed by atoms with E-state index in [9.17, 15) is 27.6 Å². The lowest BCUT2D eigenvalue weighted by atomic mass is 9.91. The maximum absolute atomic E-state index is 14.5. The van der Waals surface area contributed by atoms with Crippen LogP contribution in [0, 0.1) is 18.3 Å². The molecule has 3 heterocycles. The predicted octanol–water partition coefficient (Wildman–Crippen LogP) is 4.58. The third kappa shape index (κ3) is 8.62. The minimum absolute atomic E-state index is 0.00435. The molecule has 2 aromatic rings. The number of aromatic nitrogens is 2. The standard InChI is InChI=1S/C37H54N6O8S/c1-23(2)43-31-24(3)15-14-18-27(31)38-34(43)50-26-19-29-30(44)21-37(33(46)40-52(48,49)41(7)8)20-25(37)16-12-10-9-11-13-17-28(32(45)42(29)22-26)39-35(47)51-36(4,5)6/h12,14-16,18,23,25-26,28-29H,9-11,13,17,19-22H2,1-8H3,(H,39,47)(H,40,46)/b16-12-/t25-,26-,28+,29+,37-/m1/s1. The van der Waals surface area contributed by atoms with Gasteiger partial charge in [0.1, 0.15) is 17.7 Å². The number of amides is 3. The van der Waals surface area contributed by atoms with Gasteiger partial charge < -0.3 is 19.7 Å². The number of benzene rings is 1. The van der Waals surface area contributed by atoms with Gasteiger partial charge in [-0.3, -0.25) is 19.0 Å². The van der Waals surface area contributed by atoms with Gasteiger partial charge in [-0.1, -0.05) is 37.1 Å². The van der Waals surface area contributed by atoms with Crippen LogP contribution in [0.2, 0.25) is 0 Å². The van der Waals surface area contributed by atoms with E-state index in [-0.39, 0.29) is 37.1 Å². The van der Waals surface area contributed by atoms with Gasteiger partial charge in [-0.15, -0.1) is 0 Å². The molecule has 0 bridgehead atoms. The Morgan fingerprint density at radius 1 is 1.12 bits per heavy atom. The third-order valence-corrected chi connectivity index (χ3v) is 11.5. The van der Waals surface area contributed by atoms with Crippen molar-refractivity contribution in [2.75, 3.05) is 20.6 Å². The molecule has 3 aliphatic rings. The van der Waals surface area contributed by atoms with Gasteiger partial charge in [-0.25, -0.2) is 9.52 Å². The summed E-state index contributed by atoms with van der Waals surface area (Å²) in [6.45, 7) is 11.3. The molecule has 1 aliphatic carbocycles. The summed E-state index contributed by atoms with van der Waals surface area (Å²) in [5.41, 5.74) is 0.644. The van der Waals surface area contributed by atoms with Crippen molar-refractivity contribution in [3.8, 4) is 6.01 Å². The van der Waals surface area contributed by atoms with Gasteiger partial charge >= 0.3 is 16.3 Å². The largest absolute Gasteiger partial charge is 0.459 e. The molecule has 15 heteroatoms. The Hall–Kier alpha value is -3.98. The average Bonchev–Trinajstić information content (AvgIpc) is 3.36. The molecule has 0 radical (unpaired) electrons. The van der Waals surface area contributed by atoms with Gasteiger partial charge in [0.05, 0.1) is 29.0 Å². The fourth-order valence-electron chi connectivity index (χ4n) is 7.27. The Morgan fingerprint density at radius 2 is 1.85 bits per heavy atom. The molecule has 1 aromatic carbocycles. The average molecular weight is 743 g/mol. The number of nitrogens with one attached hydrogen (secondary N) is 2. The minimum Gasteiger partial charge on any atom is -0.459 e. The van der Waals surface area contributed by atoms with Crippen molar-refractivity contribution in [2.24, 2.45) is 11.3 Å². The van der Waals surface area contributed by atoms with Crippen LogP contribution in [-0.2, 0) is 29.3 Å². The Balaban J connectivity index is 1.50. The molecule has 52 heavy (non-hydrogen) atoms. The number of allylic oxidation sites excluding steroid dienone is 2. The van der Waals surface area contributed by atoms with Crippen molar-refractivity contribution in [2.45, 2.75) is 123 Å². The summed E-state index contributed by atoms with van der Waals surface area (Å²) in [7, 11) is -1.48. The number of ketones is 1. The molecule has 2 N–H and O–H groups in total. The molecule has 1 saturated heterocycles. The number of alkyl carbamates (subject to hydrolysis) is 1. The molecule has 0 spiro atoms. The highest BCUT2D eigenvalue weighted by molar-refractivity contribution is 7.87. The van der Waals surface area contributed by atoms with Gasteiger partial charge in [0.2, 0.25) is 11.8 Å². The maximum Gasteiger partial charge on any atom is 0.408 e. The first-order valence-corrected chi connectivity index (χ1v) is 19.6. The number of ether oxygens (including phenoxy) is 2. The smallest absolute Gasteiger partial charge is 0.408 e. The van der Waals surface area contributed by atoms with E-state index in [1.807, 2.05) is 55.7 Å². The van der Waals surface area contributed by atoms with Gasteiger partial charge in [0.25, 0.3) is 6.01 Å². The van der Waals surface area contributed by atoms with Crippen LogP contribution in [0.1, 0.15) is 97.6 Å². The van der Waals surface area contributed by atoms with Crippen LogP contribution in [-0.4, -0.2) is 95.3 Å². The highest BCUT2D eigenvalue weighted by Gasteiger charge is 2.61.